The molecule has 1 aliphatic heterocycles. The molecule has 0 unspecified atom stereocenters. The minimum Gasteiger partial charge on any atom is -0.465 e. The maximum absolute atomic E-state index is 13.8. The third-order valence-corrected chi connectivity index (χ3v) is 5.32. The smallest absolute Gasteiger partial charge is 0.407 e. The number of methoxy groups -OCH3 is 1. The van der Waals surface area contributed by atoms with Gasteiger partial charge >= 0.3 is 12.1 Å². The summed E-state index contributed by atoms with van der Waals surface area (Å²) in [6.45, 7) is 0.892. The van der Waals surface area contributed by atoms with Gasteiger partial charge in [0.1, 0.15) is 12.1 Å². The van der Waals surface area contributed by atoms with Crippen molar-refractivity contribution >= 4 is 23.1 Å². The van der Waals surface area contributed by atoms with Crippen molar-refractivity contribution in [2.75, 3.05) is 20.2 Å². The Balaban J connectivity index is 1.81. The number of aromatic nitrogens is 3. The van der Waals surface area contributed by atoms with E-state index < -0.39 is 17.9 Å². The highest BCUT2D eigenvalue weighted by Crippen LogP contribution is 2.35. The number of carbonyl (C=O) groups excluding carboxylic acids is 1. The Bertz CT molecular complexity index is 1090. The zero-order valence-corrected chi connectivity index (χ0v) is 15.7. The second-order valence-corrected chi connectivity index (χ2v) is 6.91. The number of likely N-dealkylation sites (tertiary alicyclic amines) is 1. The molecule has 8 nitrogen and oxygen atoms in total. The van der Waals surface area contributed by atoms with Crippen molar-refractivity contribution < 1.29 is 23.8 Å². The van der Waals surface area contributed by atoms with Crippen LogP contribution < -0.4 is 0 Å². The van der Waals surface area contributed by atoms with Gasteiger partial charge in [-0.2, -0.15) is 0 Å². The number of amides is 1. The number of esters is 1. The van der Waals surface area contributed by atoms with Crippen molar-refractivity contribution in [2.24, 2.45) is 0 Å². The van der Waals surface area contributed by atoms with Gasteiger partial charge in [0.05, 0.1) is 35.6 Å². The van der Waals surface area contributed by atoms with E-state index >= 15 is 0 Å². The van der Waals surface area contributed by atoms with Crippen molar-refractivity contribution in [3.63, 3.8) is 0 Å². The first kappa shape index (κ1) is 18.9. The van der Waals surface area contributed by atoms with Crippen LogP contribution in [0.25, 0.3) is 16.7 Å². The molecule has 4 rings (SSSR count). The first-order valence-corrected chi connectivity index (χ1v) is 9.16. The van der Waals surface area contributed by atoms with Crippen LogP contribution >= 0.6 is 0 Å². The number of nitrogens with zero attached hydrogens (tertiary/aromatic N) is 4. The van der Waals surface area contributed by atoms with Gasteiger partial charge in [-0.3, -0.25) is 0 Å². The van der Waals surface area contributed by atoms with Gasteiger partial charge in [0, 0.05) is 19.3 Å². The predicted molar refractivity (Wildman–Crippen MR) is 102 cm³/mol. The normalized spacial score (nSPS) is 14.9. The lowest BCUT2D eigenvalue weighted by Crippen LogP contribution is -2.36. The van der Waals surface area contributed by atoms with Crippen LogP contribution in [0, 0.1) is 5.82 Å². The molecule has 0 radical (unpaired) electrons. The Kier molecular flexibility index (Phi) is 4.87. The molecule has 0 saturated carbocycles. The number of halogens is 1. The highest BCUT2D eigenvalue weighted by Gasteiger charge is 2.27. The van der Waals surface area contributed by atoms with Crippen molar-refractivity contribution in [1.82, 2.24) is 19.4 Å². The van der Waals surface area contributed by atoms with Gasteiger partial charge in [0.25, 0.3) is 0 Å². The van der Waals surface area contributed by atoms with Gasteiger partial charge in [-0.05, 0) is 42.5 Å². The molecular formula is C20H19FN4O4. The van der Waals surface area contributed by atoms with Crippen LogP contribution in [-0.4, -0.2) is 56.8 Å². The van der Waals surface area contributed by atoms with E-state index in [9.17, 15) is 19.1 Å². The molecule has 0 atom stereocenters. The van der Waals surface area contributed by atoms with Crippen LogP contribution in [0.3, 0.4) is 0 Å². The summed E-state index contributed by atoms with van der Waals surface area (Å²) in [7, 11) is 1.25. The standard InChI is InChI=1S/C20H19FN4O4/c1-29-19(26)14-8-13(21)2-3-16(14)25-10-15(18-17(25)9-22-11-23-18)12-4-6-24(7-5-12)20(27)28/h2-3,8-12H,4-7H2,1H3,(H,27,28). The summed E-state index contributed by atoms with van der Waals surface area (Å²) >= 11 is 0. The lowest BCUT2D eigenvalue weighted by Gasteiger charge is -2.29. The van der Waals surface area contributed by atoms with Crippen molar-refractivity contribution in [2.45, 2.75) is 18.8 Å². The molecular weight excluding hydrogens is 379 g/mol. The molecule has 9 heteroatoms. The summed E-state index contributed by atoms with van der Waals surface area (Å²) in [6.07, 6.45) is 5.39. The molecule has 150 valence electrons. The molecule has 1 saturated heterocycles. The minimum atomic E-state index is -0.915. The number of carbonyl (C=O) groups is 2. The summed E-state index contributed by atoms with van der Waals surface area (Å²) in [5.74, 6) is -1.07. The highest BCUT2D eigenvalue weighted by molar-refractivity contribution is 5.95. The number of ether oxygens (including phenoxy) is 1. The second-order valence-electron chi connectivity index (χ2n) is 6.91. The number of piperidine rings is 1. The quantitative estimate of drug-likeness (QED) is 0.681. The van der Waals surface area contributed by atoms with E-state index in [1.54, 1.807) is 10.8 Å². The Morgan fingerprint density at radius 1 is 1.28 bits per heavy atom. The summed E-state index contributed by atoms with van der Waals surface area (Å²) in [5, 5.41) is 9.17. The lowest BCUT2D eigenvalue weighted by atomic mass is 9.90. The van der Waals surface area contributed by atoms with E-state index in [2.05, 4.69) is 9.97 Å². The Labute approximate surface area is 165 Å². The molecule has 0 spiro atoms. The van der Waals surface area contributed by atoms with Crippen molar-refractivity contribution in [3.05, 3.63) is 53.9 Å². The van der Waals surface area contributed by atoms with E-state index in [-0.39, 0.29) is 11.5 Å². The number of fused-ring (bicyclic) bond motifs is 1. The fourth-order valence-corrected chi connectivity index (χ4v) is 3.86. The van der Waals surface area contributed by atoms with E-state index in [1.807, 2.05) is 6.20 Å². The third kappa shape index (κ3) is 3.39. The van der Waals surface area contributed by atoms with Crippen LogP contribution in [0.15, 0.2) is 36.9 Å². The molecule has 1 N–H and O–H groups in total. The zero-order valence-electron chi connectivity index (χ0n) is 15.7. The Morgan fingerprint density at radius 3 is 2.72 bits per heavy atom. The van der Waals surface area contributed by atoms with Crippen molar-refractivity contribution in [3.8, 4) is 5.69 Å². The summed E-state index contributed by atoms with van der Waals surface area (Å²) in [6, 6.07) is 3.94. The minimum absolute atomic E-state index is 0.0977. The fraction of sp³-hybridized carbons (Fsp3) is 0.300. The molecule has 1 fully saturated rings. The van der Waals surface area contributed by atoms with E-state index in [4.69, 9.17) is 4.74 Å². The average Bonchev–Trinajstić information content (AvgIpc) is 3.12. The number of hydrogen-bond donors (Lipinski definition) is 1. The molecule has 3 aromatic rings. The molecule has 1 aliphatic rings. The Morgan fingerprint density at radius 2 is 2.03 bits per heavy atom. The predicted octanol–water partition coefficient (Wildman–Crippen LogP) is 3.20. The average molecular weight is 398 g/mol. The van der Waals surface area contributed by atoms with E-state index in [0.717, 1.165) is 17.1 Å². The van der Waals surface area contributed by atoms with Crippen LogP contribution in [0.4, 0.5) is 9.18 Å². The third-order valence-electron chi connectivity index (χ3n) is 5.32. The van der Waals surface area contributed by atoms with Gasteiger partial charge in [-0.1, -0.05) is 0 Å². The molecule has 2 aromatic heterocycles. The largest absolute Gasteiger partial charge is 0.465 e. The number of benzene rings is 1. The number of rotatable bonds is 3. The van der Waals surface area contributed by atoms with Gasteiger partial charge in [0.15, 0.2) is 0 Å². The summed E-state index contributed by atoms with van der Waals surface area (Å²) < 4.78 is 20.4. The van der Waals surface area contributed by atoms with E-state index in [0.29, 0.717) is 37.1 Å². The van der Waals surface area contributed by atoms with Gasteiger partial charge in [0.2, 0.25) is 0 Å². The van der Waals surface area contributed by atoms with Crippen LogP contribution in [0.2, 0.25) is 0 Å². The molecule has 1 amide bonds. The van der Waals surface area contributed by atoms with Crippen LogP contribution in [0.5, 0.6) is 0 Å². The topological polar surface area (TPSA) is 97.5 Å². The van der Waals surface area contributed by atoms with E-state index in [1.165, 1.54) is 30.5 Å². The highest BCUT2D eigenvalue weighted by atomic mass is 19.1. The second kappa shape index (κ2) is 7.50. The number of hydrogen-bond acceptors (Lipinski definition) is 5. The molecule has 0 bridgehead atoms. The monoisotopic (exact) mass is 398 g/mol. The molecule has 29 heavy (non-hydrogen) atoms. The van der Waals surface area contributed by atoms with Crippen LogP contribution in [-0.2, 0) is 4.74 Å². The molecule has 3 heterocycles. The Hall–Kier alpha value is -3.49. The lowest BCUT2D eigenvalue weighted by molar-refractivity contribution is 0.0600. The summed E-state index contributed by atoms with van der Waals surface area (Å²) in [4.78, 5) is 33.3. The van der Waals surface area contributed by atoms with Gasteiger partial charge < -0.3 is 19.3 Å². The SMILES string of the molecule is COC(=O)c1cc(F)ccc1-n1cc(C2CCN(C(=O)O)CC2)c2ncncc21. The molecule has 1 aromatic carbocycles. The zero-order chi connectivity index (χ0) is 20.5. The fourth-order valence-electron chi connectivity index (χ4n) is 3.86. The maximum Gasteiger partial charge on any atom is 0.407 e. The summed E-state index contributed by atoms with van der Waals surface area (Å²) in [5.41, 5.74) is 2.93. The van der Waals surface area contributed by atoms with Crippen molar-refractivity contribution in [1.29, 1.82) is 0 Å². The first-order valence-electron chi connectivity index (χ1n) is 9.16. The molecule has 0 aliphatic carbocycles. The van der Waals surface area contributed by atoms with Gasteiger partial charge in [-0.15, -0.1) is 0 Å². The number of carboxylic acid groups (broad SMARTS) is 1. The van der Waals surface area contributed by atoms with Gasteiger partial charge in [-0.25, -0.2) is 23.9 Å². The first-order chi connectivity index (χ1) is 14.0. The van der Waals surface area contributed by atoms with Crippen LogP contribution in [0.1, 0.15) is 34.7 Å². The maximum atomic E-state index is 13.8.